The molecular weight excluding hydrogens is 1550 g/mol. The number of carbonyl (C=O) groups is 6. The molecule has 0 saturated heterocycles. The number of ether oxygens (including phenoxy) is 1. The average Bonchev–Trinajstić information content (AvgIpc) is 3.20. The number of nitrogens with zero attached hydrogens (tertiary/aromatic N) is 2. The van der Waals surface area contributed by atoms with Crippen molar-refractivity contribution < 1.29 is 84.6 Å². The first-order valence-electron chi connectivity index (χ1n) is 18.4. The number of carbonyl (C=O) groups excluding carboxylic acids is 6. The van der Waals surface area contributed by atoms with Crippen LogP contribution in [0.5, 0.6) is 0 Å². The van der Waals surface area contributed by atoms with Crippen molar-refractivity contribution in [2.24, 2.45) is 0 Å². The molecule has 0 heterocycles. The number of hydrogen-bond acceptors (Lipinski definition) is 17. The van der Waals surface area contributed by atoms with Gasteiger partial charge < -0.3 is 86.9 Å². The lowest BCUT2D eigenvalue weighted by Crippen LogP contribution is -2.50. The summed E-state index contributed by atoms with van der Waals surface area (Å²) in [6, 6.07) is 0. The maximum Gasteiger partial charge on any atom is 0.255 e. The van der Waals surface area contributed by atoms with Crippen LogP contribution in [0.3, 0.4) is 0 Å². The first kappa shape index (κ1) is 60.3. The molecule has 0 spiro atoms. The Hall–Kier alpha value is -0.800. The molecule has 4 atom stereocenters. The summed E-state index contributed by atoms with van der Waals surface area (Å²) in [6.45, 7) is -2.99. The van der Waals surface area contributed by atoms with Crippen LogP contribution in [-0.4, -0.2) is 175 Å². The van der Waals surface area contributed by atoms with Gasteiger partial charge in [0.2, 0.25) is 0 Å². The third kappa shape index (κ3) is 15.6. The van der Waals surface area contributed by atoms with Crippen molar-refractivity contribution >= 4 is 182 Å². The van der Waals surface area contributed by atoms with Gasteiger partial charge in [0.15, 0.2) is 22.9 Å². The van der Waals surface area contributed by atoms with Gasteiger partial charge in [-0.15, -0.1) is 0 Å². The predicted octanol–water partition coefficient (Wildman–Crippen LogP) is -1.60. The second kappa shape index (κ2) is 25.4. The van der Waals surface area contributed by atoms with Crippen molar-refractivity contribution in [3.8, 4) is 0 Å². The smallest absolute Gasteiger partial charge is 0.255 e. The van der Waals surface area contributed by atoms with E-state index in [2.05, 4.69) is 21.3 Å². The lowest BCUT2D eigenvalue weighted by atomic mass is 10.1. The second-order valence-corrected chi connectivity index (χ2v) is 21.1. The summed E-state index contributed by atoms with van der Waals surface area (Å²) in [7, 11) is 0. The van der Waals surface area contributed by atoms with Gasteiger partial charge in [0.1, 0.15) is 13.2 Å². The highest BCUT2D eigenvalue weighted by atomic mass is 127. The number of rotatable bonds is 22. The number of nitrogens with one attached hydrogen (secondary N) is 4. The number of amides is 6. The van der Waals surface area contributed by atoms with Crippen molar-refractivity contribution in [1.82, 2.24) is 21.3 Å². The largest absolute Gasteiger partial charge is 0.391 e. The highest BCUT2D eigenvalue weighted by molar-refractivity contribution is 14.1. The Kier molecular flexibility index (Phi) is 23.5. The topological polar surface area (TPSA) is 369 Å². The van der Waals surface area contributed by atoms with E-state index in [1.165, 1.54) is 0 Å². The number of aliphatic hydroxyl groups is 10. The highest BCUT2D eigenvalue weighted by Gasteiger charge is 2.37. The van der Waals surface area contributed by atoms with Crippen molar-refractivity contribution in [2.75, 3.05) is 75.7 Å². The van der Waals surface area contributed by atoms with Gasteiger partial charge >= 0.3 is 0 Å². The van der Waals surface area contributed by atoms with E-state index in [-0.39, 0.29) is 68.3 Å². The van der Waals surface area contributed by atoms with E-state index in [0.29, 0.717) is 0 Å². The summed E-state index contributed by atoms with van der Waals surface area (Å²) < 4.78 is 5.89. The molecular formula is C36H46I6N6O17. The van der Waals surface area contributed by atoms with Crippen LogP contribution in [0.1, 0.15) is 69.1 Å². The fourth-order valence-corrected chi connectivity index (χ4v) is 14.7. The van der Waals surface area contributed by atoms with Crippen LogP contribution in [0.15, 0.2) is 0 Å². The third-order valence-corrected chi connectivity index (χ3v) is 14.9. The first-order valence-corrected chi connectivity index (χ1v) is 24.8. The van der Waals surface area contributed by atoms with Crippen molar-refractivity contribution in [1.29, 1.82) is 0 Å². The van der Waals surface area contributed by atoms with Gasteiger partial charge in [-0.1, -0.05) is 0 Å². The molecule has 4 unspecified atom stereocenters. The molecule has 0 radical (unpaired) electrons. The summed E-state index contributed by atoms with van der Waals surface area (Å²) in [5.41, 5.74) is -9.84. The highest BCUT2D eigenvalue weighted by Crippen LogP contribution is 2.40. The number of aliphatic hydroxyl groups excluding tert-OH is 6. The molecule has 0 saturated carbocycles. The molecule has 364 valence electrons. The van der Waals surface area contributed by atoms with E-state index in [4.69, 9.17) is 4.74 Å². The standard InChI is InChI=1S/C36H46I6N6O17/c1-33(61,11-51)43-29(57)17-21(37)18(30(58)44-34(2,62)12-52)24(40)27(23(17)39)47(15(55)9-49)5-7-65-8-6-48(16(56)10-50)28-25(41)19(31(59)45-35(3,63)13-53)22(38)20(26(28)42)32(60)46-36(4,64)14-54/h49-54,61-64H,5-14H2,1-4H3,(H,43,57)(H,44,58)(H,45,59)(H,46,60). The monoisotopic (exact) mass is 1600 g/mol. The predicted molar refractivity (Wildman–Crippen MR) is 280 cm³/mol. The zero-order valence-corrected chi connectivity index (χ0v) is 47.5. The van der Waals surface area contributed by atoms with Crippen LogP contribution in [0.25, 0.3) is 0 Å². The molecule has 0 fully saturated rings. The van der Waals surface area contributed by atoms with E-state index < -0.39 is 111 Å². The van der Waals surface area contributed by atoms with E-state index >= 15 is 0 Å². The molecule has 2 rings (SSSR count). The SMILES string of the molecule is CC(O)(CO)NC(=O)c1c(I)c(C(=O)NC(C)(O)CO)c(I)c(N(CCOCCN(C(=O)CO)c2c(I)c(C(=O)NC(C)(O)CO)c(I)c(C(=O)NC(C)(O)CO)c2I)C(=O)CO)c1I. The number of anilines is 2. The van der Waals surface area contributed by atoms with E-state index in [9.17, 15) is 79.8 Å². The third-order valence-electron chi connectivity index (χ3n) is 8.59. The van der Waals surface area contributed by atoms with Crippen molar-refractivity contribution in [3.63, 3.8) is 0 Å². The van der Waals surface area contributed by atoms with Gasteiger partial charge in [-0.25, -0.2) is 0 Å². The lowest BCUT2D eigenvalue weighted by Gasteiger charge is -2.30. The van der Waals surface area contributed by atoms with Gasteiger partial charge in [-0.05, 0) is 163 Å². The summed E-state index contributed by atoms with van der Waals surface area (Å²) in [5.74, 6) is -5.91. The van der Waals surface area contributed by atoms with Crippen LogP contribution in [0, 0.1) is 21.4 Å². The van der Waals surface area contributed by atoms with Crippen LogP contribution in [0.4, 0.5) is 11.4 Å². The Bertz CT molecular complexity index is 1900. The van der Waals surface area contributed by atoms with Crippen LogP contribution >= 0.6 is 136 Å². The summed E-state index contributed by atoms with van der Waals surface area (Å²) in [4.78, 5) is 83.5. The molecule has 14 N–H and O–H groups in total. The molecule has 0 aromatic heterocycles. The quantitative estimate of drug-likeness (QED) is 0.0359. The Balaban J connectivity index is 2.73. The van der Waals surface area contributed by atoms with Gasteiger partial charge in [0.05, 0.1) is 87.6 Å². The zero-order chi connectivity index (χ0) is 50.2. The zero-order valence-electron chi connectivity index (χ0n) is 34.6. The molecule has 0 aliphatic heterocycles. The number of halogens is 6. The van der Waals surface area contributed by atoms with E-state index in [1.807, 2.05) is 0 Å². The van der Waals surface area contributed by atoms with Crippen molar-refractivity contribution in [3.05, 3.63) is 43.7 Å². The number of benzene rings is 2. The fraction of sp³-hybridized carbons (Fsp3) is 0.500. The van der Waals surface area contributed by atoms with Gasteiger partial charge in [-0.3, -0.25) is 28.8 Å². The molecule has 2 aromatic rings. The molecule has 65 heavy (non-hydrogen) atoms. The number of hydrogen-bond donors (Lipinski definition) is 14. The van der Waals surface area contributed by atoms with E-state index in [1.54, 1.807) is 136 Å². The van der Waals surface area contributed by atoms with Crippen molar-refractivity contribution in [2.45, 2.75) is 50.6 Å². The Labute approximate surface area is 453 Å². The molecule has 6 amide bonds. The Morgan fingerprint density at radius 2 is 0.662 bits per heavy atom. The molecule has 23 nitrogen and oxygen atoms in total. The molecule has 0 bridgehead atoms. The Morgan fingerprint density at radius 3 is 0.846 bits per heavy atom. The normalized spacial score (nSPS) is 15.1. The Morgan fingerprint density at radius 1 is 0.446 bits per heavy atom. The fourth-order valence-electron chi connectivity index (χ4n) is 5.27. The van der Waals surface area contributed by atoms with Crippen LogP contribution in [0.2, 0.25) is 0 Å². The van der Waals surface area contributed by atoms with Crippen LogP contribution in [-0.2, 0) is 14.3 Å². The second-order valence-electron chi connectivity index (χ2n) is 14.6. The molecule has 0 aliphatic carbocycles. The summed E-state index contributed by atoms with van der Waals surface area (Å²) in [5, 5.41) is 109. The minimum absolute atomic E-state index is 0.0261. The molecule has 0 aliphatic rings. The molecule has 29 heteroatoms. The van der Waals surface area contributed by atoms with Crippen LogP contribution < -0.4 is 31.1 Å². The minimum Gasteiger partial charge on any atom is -0.391 e. The summed E-state index contributed by atoms with van der Waals surface area (Å²) in [6.07, 6.45) is 0. The van der Waals surface area contributed by atoms with Gasteiger partial charge in [0.25, 0.3) is 35.4 Å². The van der Waals surface area contributed by atoms with E-state index in [0.717, 1.165) is 37.5 Å². The lowest BCUT2D eigenvalue weighted by molar-refractivity contribution is -0.121. The first-order chi connectivity index (χ1) is 29.9. The average molecular weight is 1600 g/mol. The van der Waals surface area contributed by atoms with Gasteiger partial charge in [-0.2, -0.15) is 0 Å². The molecule has 2 aromatic carbocycles. The minimum atomic E-state index is -2.15. The van der Waals surface area contributed by atoms with Gasteiger partial charge in [0, 0.05) is 20.2 Å². The maximum absolute atomic E-state index is 13.7. The summed E-state index contributed by atoms with van der Waals surface area (Å²) >= 11 is 10.2. The maximum atomic E-state index is 13.7.